The van der Waals surface area contributed by atoms with Gasteiger partial charge in [-0.2, -0.15) is 8.42 Å². The minimum atomic E-state index is -4.44. The molecule has 0 aromatic rings. The minimum absolute atomic E-state index is 0.414. The van der Waals surface area contributed by atoms with Gasteiger partial charge in [0.05, 0.1) is 0 Å². The molecule has 1 amide bonds. The van der Waals surface area contributed by atoms with Crippen molar-refractivity contribution in [1.82, 2.24) is 5.32 Å². The Morgan fingerprint density at radius 3 is 2.19 bits per heavy atom. The summed E-state index contributed by atoms with van der Waals surface area (Å²) in [4.78, 5) is 22.0. The van der Waals surface area contributed by atoms with Gasteiger partial charge in [0, 0.05) is 5.92 Å². The zero-order chi connectivity index (χ0) is 12.9. The second-order valence-electron chi connectivity index (χ2n) is 3.46. The lowest BCUT2D eigenvalue weighted by Crippen LogP contribution is -2.46. The van der Waals surface area contributed by atoms with E-state index in [4.69, 9.17) is 9.66 Å². The number of carboxylic acids is 1. The summed E-state index contributed by atoms with van der Waals surface area (Å²) in [5.41, 5.74) is 0. The molecule has 0 radical (unpaired) electrons. The number of rotatable bonds is 6. The Bertz CT molecular complexity index is 363. The fourth-order valence-electron chi connectivity index (χ4n) is 0.885. The van der Waals surface area contributed by atoms with E-state index in [1.54, 1.807) is 13.8 Å². The van der Waals surface area contributed by atoms with Crippen LogP contribution in [-0.2, 0) is 19.7 Å². The molecule has 0 bridgehead atoms. The Kier molecular flexibility index (Phi) is 5.39. The van der Waals surface area contributed by atoms with Gasteiger partial charge in [0.15, 0.2) is 0 Å². The number of carbonyl (C=O) groups is 2. The molecule has 0 aromatic heterocycles. The van der Waals surface area contributed by atoms with E-state index in [0.29, 0.717) is 6.42 Å². The van der Waals surface area contributed by atoms with E-state index in [1.807, 2.05) is 5.32 Å². The highest BCUT2D eigenvalue weighted by Gasteiger charge is 2.26. The second-order valence-corrected chi connectivity index (χ2v) is 4.95. The number of hydrogen-bond acceptors (Lipinski definition) is 4. The highest BCUT2D eigenvalue weighted by Crippen LogP contribution is 2.01. The maximum absolute atomic E-state index is 11.3. The summed E-state index contributed by atoms with van der Waals surface area (Å²) in [6.07, 6.45) is 0.504. The first-order valence-electron chi connectivity index (χ1n) is 4.65. The standard InChI is InChI=1S/C8H15NO6S/c1-3-5(2)7(10)9-6(8(11)12)4-16(13,14)15/h5-6H,3-4H2,1-2H3,(H,9,10)(H,11,12)(H,13,14,15). The molecule has 0 aliphatic carbocycles. The lowest BCUT2D eigenvalue weighted by atomic mass is 10.1. The van der Waals surface area contributed by atoms with Crippen molar-refractivity contribution in [2.24, 2.45) is 5.92 Å². The van der Waals surface area contributed by atoms with Crippen molar-refractivity contribution >= 4 is 22.0 Å². The first-order valence-corrected chi connectivity index (χ1v) is 6.26. The highest BCUT2D eigenvalue weighted by molar-refractivity contribution is 7.85. The van der Waals surface area contributed by atoms with Crippen molar-refractivity contribution in [3.8, 4) is 0 Å². The Hall–Kier alpha value is -1.15. The van der Waals surface area contributed by atoms with E-state index in [1.165, 1.54) is 0 Å². The number of nitrogens with one attached hydrogen (secondary N) is 1. The van der Waals surface area contributed by atoms with Crippen molar-refractivity contribution in [3.05, 3.63) is 0 Å². The fraction of sp³-hybridized carbons (Fsp3) is 0.750. The van der Waals surface area contributed by atoms with E-state index in [0.717, 1.165) is 0 Å². The van der Waals surface area contributed by atoms with E-state index < -0.39 is 39.7 Å². The molecule has 0 aliphatic heterocycles. The Morgan fingerprint density at radius 1 is 1.38 bits per heavy atom. The maximum atomic E-state index is 11.3. The molecule has 3 N–H and O–H groups in total. The van der Waals surface area contributed by atoms with Crippen LogP contribution in [0.4, 0.5) is 0 Å². The molecule has 0 aliphatic rings. The van der Waals surface area contributed by atoms with Crippen LogP contribution in [0.1, 0.15) is 20.3 Å². The van der Waals surface area contributed by atoms with Gasteiger partial charge in [-0.05, 0) is 6.42 Å². The number of carbonyl (C=O) groups excluding carboxylic acids is 1. The average molecular weight is 253 g/mol. The number of hydrogen-bond donors (Lipinski definition) is 3. The molecule has 2 unspecified atom stereocenters. The lowest BCUT2D eigenvalue weighted by molar-refractivity contribution is -0.141. The van der Waals surface area contributed by atoms with Crippen LogP contribution in [0.15, 0.2) is 0 Å². The molecule has 0 heterocycles. The molecule has 16 heavy (non-hydrogen) atoms. The monoisotopic (exact) mass is 253 g/mol. The largest absolute Gasteiger partial charge is 0.480 e. The lowest BCUT2D eigenvalue weighted by Gasteiger charge is -2.15. The van der Waals surface area contributed by atoms with Crippen LogP contribution >= 0.6 is 0 Å². The van der Waals surface area contributed by atoms with Gasteiger partial charge in [-0.25, -0.2) is 4.79 Å². The van der Waals surface area contributed by atoms with Crippen LogP contribution in [0.2, 0.25) is 0 Å². The first-order chi connectivity index (χ1) is 7.17. The summed E-state index contributed by atoms with van der Waals surface area (Å²) in [6.45, 7) is 3.32. The van der Waals surface area contributed by atoms with Crippen molar-refractivity contribution in [1.29, 1.82) is 0 Å². The summed E-state index contributed by atoms with van der Waals surface area (Å²) in [7, 11) is -4.44. The van der Waals surface area contributed by atoms with Crippen molar-refractivity contribution in [2.75, 3.05) is 5.75 Å². The fourth-order valence-corrected chi connectivity index (χ4v) is 1.53. The molecular formula is C8H15NO6S. The predicted octanol–water partition coefficient (Wildman–Crippen LogP) is -0.510. The molecule has 0 saturated carbocycles. The maximum Gasteiger partial charge on any atom is 0.327 e. The third-order valence-electron chi connectivity index (χ3n) is 2.05. The normalized spacial score (nSPS) is 15.2. The molecule has 0 saturated heterocycles. The van der Waals surface area contributed by atoms with E-state index in [-0.39, 0.29) is 0 Å². The van der Waals surface area contributed by atoms with Gasteiger partial charge in [0.25, 0.3) is 10.1 Å². The second kappa shape index (κ2) is 5.80. The summed E-state index contributed by atoms with van der Waals surface area (Å²) >= 11 is 0. The predicted molar refractivity (Wildman–Crippen MR) is 55.4 cm³/mol. The Morgan fingerprint density at radius 2 is 1.88 bits per heavy atom. The van der Waals surface area contributed by atoms with Crippen LogP contribution < -0.4 is 5.32 Å². The third kappa shape index (κ3) is 5.66. The van der Waals surface area contributed by atoms with Crippen molar-refractivity contribution in [3.63, 3.8) is 0 Å². The molecule has 8 heteroatoms. The summed E-state index contributed by atoms with van der Waals surface area (Å²) in [5.74, 6) is -3.51. The molecule has 7 nitrogen and oxygen atoms in total. The van der Waals surface area contributed by atoms with Gasteiger partial charge in [0.2, 0.25) is 5.91 Å². The van der Waals surface area contributed by atoms with Crippen LogP contribution in [0.5, 0.6) is 0 Å². The van der Waals surface area contributed by atoms with Crippen LogP contribution in [0.3, 0.4) is 0 Å². The SMILES string of the molecule is CCC(C)C(=O)NC(CS(=O)(=O)O)C(=O)O. The van der Waals surface area contributed by atoms with E-state index >= 15 is 0 Å². The zero-order valence-electron chi connectivity index (χ0n) is 9.00. The van der Waals surface area contributed by atoms with E-state index in [9.17, 15) is 18.0 Å². The summed E-state index contributed by atoms with van der Waals surface area (Å²) < 4.78 is 29.5. The average Bonchev–Trinajstić information content (AvgIpc) is 2.13. The number of amides is 1. The minimum Gasteiger partial charge on any atom is -0.480 e. The Labute approximate surface area is 93.6 Å². The molecular weight excluding hydrogens is 238 g/mol. The van der Waals surface area contributed by atoms with Crippen molar-refractivity contribution in [2.45, 2.75) is 26.3 Å². The van der Waals surface area contributed by atoms with Gasteiger partial charge in [-0.3, -0.25) is 9.35 Å². The van der Waals surface area contributed by atoms with Gasteiger partial charge >= 0.3 is 5.97 Å². The summed E-state index contributed by atoms with van der Waals surface area (Å²) in [5, 5.41) is 10.7. The highest BCUT2D eigenvalue weighted by atomic mass is 32.2. The molecule has 94 valence electrons. The summed E-state index contributed by atoms with van der Waals surface area (Å²) in [6, 6.07) is -1.63. The van der Waals surface area contributed by atoms with E-state index in [2.05, 4.69) is 0 Å². The molecule has 0 aromatic carbocycles. The quantitative estimate of drug-likeness (QED) is 0.548. The zero-order valence-corrected chi connectivity index (χ0v) is 9.82. The van der Waals surface area contributed by atoms with Gasteiger partial charge in [0.1, 0.15) is 11.8 Å². The van der Waals surface area contributed by atoms with Gasteiger partial charge in [-0.15, -0.1) is 0 Å². The molecule has 0 spiro atoms. The molecule has 0 rings (SSSR count). The van der Waals surface area contributed by atoms with Crippen molar-refractivity contribution < 1.29 is 27.7 Å². The van der Waals surface area contributed by atoms with Crippen LogP contribution in [0, 0.1) is 5.92 Å². The smallest absolute Gasteiger partial charge is 0.327 e. The number of aliphatic carboxylic acids is 1. The molecule has 0 fully saturated rings. The third-order valence-corrected chi connectivity index (χ3v) is 2.81. The van der Waals surface area contributed by atoms with Gasteiger partial charge < -0.3 is 10.4 Å². The number of carboxylic acid groups (broad SMARTS) is 1. The Balaban J connectivity index is 4.59. The molecule has 2 atom stereocenters. The van der Waals surface area contributed by atoms with Gasteiger partial charge in [-0.1, -0.05) is 13.8 Å². The first kappa shape index (κ1) is 14.8. The van der Waals surface area contributed by atoms with Crippen LogP contribution in [0.25, 0.3) is 0 Å². The van der Waals surface area contributed by atoms with Crippen LogP contribution in [-0.4, -0.2) is 41.7 Å². The topological polar surface area (TPSA) is 121 Å².